The number of unbranched alkanes of at least 4 members (excludes halogenated alkanes) is 5. The van der Waals surface area contributed by atoms with Crippen LogP contribution in [0.2, 0.25) is 0 Å². The van der Waals surface area contributed by atoms with Crippen molar-refractivity contribution in [1.82, 2.24) is 14.1 Å². The van der Waals surface area contributed by atoms with Gasteiger partial charge in [-0.05, 0) is 45.4 Å². The highest BCUT2D eigenvalue weighted by Gasteiger charge is 2.54. The van der Waals surface area contributed by atoms with Crippen LogP contribution in [0, 0.1) is 13.8 Å². The summed E-state index contributed by atoms with van der Waals surface area (Å²) in [6, 6.07) is 21.0. The Hall–Kier alpha value is -3.86. The number of para-hydroxylation sites is 2. The molecule has 2 aromatic carbocycles. The second-order valence-corrected chi connectivity index (χ2v) is 11.1. The number of nitrogens with zero attached hydrogens (tertiary/aromatic N) is 3. The van der Waals surface area contributed by atoms with E-state index in [-0.39, 0.29) is 5.97 Å². The Morgan fingerprint density at radius 3 is 2.02 bits per heavy atom. The van der Waals surface area contributed by atoms with Crippen molar-refractivity contribution in [2.75, 3.05) is 0 Å². The van der Waals surface area contributed by atoms with Crippen LogP contribution in [0.3, 0.4) is 0 Å². The van der Waals surface area contributed by atoms with Gasteiger partial charge in [-0.2, -0.15) is 0 Å². The highest BCUT2D eigenvalue weighted by Crippen LogP contribution is 2.53. The lowest BCUT2D eigenvalue weighted by molar-refractivity contribution is 0.0253. The molecular weight excluding hydrogens is 494 g/mol. The second-order valence-electron chi connectivity index (χ2n) is 11.1. The number of fused-ring (bicyclic) bond motifs is 3. The molecule has 206 valence electrons. The maximum Gasteiger partial charge on any atom is 0.358 e. The van der Waals surface area contributed by atoms with Crippen LogP contribution in [0.4, 0.5) is 0 Å². The molecule has 1 atom stereocenters. The van der Waals surface area contributed by atoms with Crippen LogP contribution in [0.25, 0.3) is 21.8 Å². The van der Waals surface area contributed by atoms with Gasteiger partial charge in [0.2, 0.25) is 0 Å². The van der Waals surface area contributed by atoms with Crippen molar-refractivity contribution < 1.29 is 9.53 Å². The van der Waals surface area contributed by atoms with Crippen LogP contribution in [-0.2, 0) is 23.4 Å². The summed E-state index contributed by atoms with van der Waals surface area (Å²) in [4.78, 5) is 18.1. The summed E-state index contributed by atoms with van der Waals surface area (Å²) in [6.45, 7) is 10.6. The molecule has 1 aliphatic heterocycles. The lowest BCUT2D eigenvalue weighted by Crippen LogP contribution is -2.31. The highest BCUT2D eigenvalue weighted by molar-refractivity contribution is 6.00. The third-order valence-electron chi connectivity index (χ3n) is 8.84. The summed E-state index contributed by atoms with van der Waals surface area (Å²) in [6.07, 6.45) is 9.18. The van der Waals surface area contributed by atoms with Crippen molar-refractivity contribution in [2.45, 2.75) is 84.9 Å². The molecule has 5 heteroatoms. The molecule has 4 heterocycles. The lowest BCUT2D eigenvalue weighted by atomic mass is 9.78. The van der Waals surface area contributed by atoms with Crippen LogP contribution in [0.15, 0.2) is 66.9 Å². The monoisotopic (exact) mass is 533 g/mol. The molecule has 0 radical (unpaired) electrons. The Morgan fingerprint density at radius 1 is 0.750 bits per heavy atom. The zero-order chi connectivity index (χ0) is 27.9. The number of ether oxygens (including phenoxy) is 1. The first-order valence-corrected chi connectivity index (χ1v) is 14.9. The summed E-state index contributed by atoms with van der Waals surface area (Å²) < 4.78 is 11.5. The van der Waals surface area contributed by atoms with E-state index < -0.39 is 5.60 Å². The van der Waals surface area contributed by atoms with Crippen LogP contribution >= 0.6 is 0 Å². The Kier molecular flexibility index (Phi) is 6.99. The molecule has 6 rings (SSSR count). The molecule has 0 saturated heterocycles. The highest BCUT2D eigenvalue weighted by atomic mass is 16.6. The third kappa shape index (κ3) is 3.89. The molecule has 0 bridgehead atoms. The molecule has 0 fully saturated rings. The number of esters is 1. The van der Waals surface area contributed by atoms with Gasteiger partial charge in [0.1, 0.15) is 0 Å². The molecule has 0 aliphatic carbocycles. The van der Waals surface area contributed by atoms with Crippen molar-refractivity contribution in [1.29, 1.82) is 0 Å². The third-order valence-corrected chi connectivity index (χ3v) is 8.84. The second kappa shape index (κ2) is 10.6. The van der Waals surface area contributed by atoms with Crippen molar-refractivity contribution in [3.63, 3.8) is 0 Å². The van der Waals surface area contributed by atoms with Gasteiger partial charge in [0.05, 0.1) is 0 Å². The minimum atomic E-state index is -1.10. The van der Waals surface area contributed by atoms with Crippen LogP contribution in [0.1, 0.15) is 90.9 Å². The summed E-state index contributed by atoms with van der Waals surface area (Å²) in [5.41, 5.74) is 6.82. The van der Waals surface area contributed by atoms with Crippen molar-refractivity contribution >= 4 is 27.8 Å². The topological polar surface area (TPSA) is 49.0 Å². The molecule has 5 aromatic rings. The van der Waals surface area contributed by atoms with E-state index in [0.717, 1.165) is 63.9 Å². The number of rotatable bonds is 10. The summed E-state index contributed by atoms with van der Waals surface area (Å²) in [5, 5.41) is 2.24. The van der Waals surface area contributed by atoms with Gasteiger partial charge in [0.15, 0.2) is 11.3 Å². The number of cyclic esters (lactones) is 1. The number of carbonyl (C=O) groups is 1. The van der Waals surface area contributed by atoms with E-state index in [1.54, 1.807) is 6.20 Å². The molecule has 1 unspecified atom stereocenters. The molecule has 0 saturated carbocycles. The fourth-order valence-corrected chi connectivity index (χ4v) is 7.09. The fraction of sp³-hybridized carbons (Fsp3) is 0.371. The Balaban J connectivity index is 1.63. The number of hydrogen-bond acceptors (Lipinski definition) is 3. The van der Waals surface area contributed by atoms with Gasteiger partial charge in [-0.1, -0.05) is 81.5 Å². The van der Waals surface area contributed by atoms with E-state index in [0.29, 0.717) is 5.69 Å². The zero-order valence-corrected chi connectivity index (χ0v) is 24.2. The molecule has 40 heavy (non-hydrogen) atoms. The van der Waals surface area contributed by atoms with Gasteiger partial charge in [0, 0.05) is 69.2 Å². The average Bonchev–Trinajstić information content (AvgIpc) is 3.54. The first kappa shape index (κ1) is 26.4. The van der Waals surface area contributed by atoms with E-state index in [1.165, 1.54) is 37.6 Å². The summed E-state index contributed by atoms with van der Waals surface area (Å²) in [5.74, 6) is -0.365. The molecule has 5 nitrogen and oxygen atoms in total. The van der Waals surface area contributed by atoms with E-state index in [2.05, 4.69) is 90.3 Å². The molecule has 0 spiro atoms. The zero-order valence-electron chi connectivity index (χ0n) is 24.2. The number of aryl methyl sites for hydroxylation is 2. The normalized spacial score (nSPS) is 16.6. The minimum absolute atomic E-state index is 0.365. The maximum absolute atomic E-state index is 13.6. The first-order chi connectivity index (χ1) is 19.5. The molecule has 0 N–H and O–H groups in total. The average molecular weight is 534 g/mol. The lowest BCUT2D eigenvalue weighted by Gasteiger charge is -2.31. The van der Waals surface area contributed by atoms with Crippen LogP contribution in [0.5, 0.6) is 0 Å². The van der Waals surface area contributed by atoms with E-state index >= 15 is 0 Å². The quantitative estimate of drug-likeness (QED) is 0.134. The van der Waals surface area contributed by atoms with Gasteiger partial charge in [-0.25, -0.2) is 9.78 Å². The largest absolute Gasteiger partial charge is 0.439 e. The number of benzene rings is 2. The first-order valence-electron chi connectivity index (χ1n) is 14.9. The summed E-state index contributed by atoms with van der Waals surface area (Å²) in [7, 11) is 0. The fourth-order valence-electron chi connectivity index (χ4n) is 7.09. The van der Waals surface area contributed by atoms with Crippen LogP contribution < -0.4 is 0 Å². The van der Waals surface area contributed by atoms with Crippen molar-refractivity contribution in [2.24, 2.45) is 0 Å². The number of carbonyl (C=O) groups excluding carboxylic acids is 1. The molecule has 1 aliphatic rings. The van der Waals surface area contributed by atoms with Gasteiger partial charge in [-0.15, -0.1) is 0 Å². The Labute approximate surface area is 236 Å². The van der Waals surface area contributed by atoms with Gasteiger partial charge >= 0.3 is 5.97 Å². The van der Waals surface area contributed by atoms with Crippen molar-refractivity contribution in [3.8, 4) is 0 Å². The van der Waals surface area contributed by atoms with E-state index in [4.69, 9.17) is 4.74 Å². The van der Waals surface area contributed by atoms with E-state index in [1.807, 2.05) is 12.1 Å². The summed E-state index contributed by atoms with van der Waals surface area (Å²) >= 11 is 0. The Bertz CT molecular complexity index is 1710. The Morgan fingerprint density at radius 2 is 1.35 bits per heavy atom. The minimum Gasteiger partial charge on any atom is -0.439 e. The molecular formula is C35H39N3O2. The number of hydrogen-bond donors (Lipinski definition) is 0. The van der Waals surface area contributed by atoms with Gasteiger partial charge in [0.25, 0.3) is 0 Å². The smallest absolute Gasteiger partial charge is 0.358 e. The van der Waals surface area contributed by atoms with Gasteiger partial charge < -0.3 is 13.9 Å². The van der Waals surface area contributed by atoms with Gasteiger partial charge in [-0.3, -0.25) is 0 Å². The standard InChI is InChI=1S/C35H39N3O2/c1-5-7-8-9-10-15-23-38-25(4)32(27-18-12-14-21-30(27)38)35(28-19-16-22-36-33(28)34(39)40-35)31-24(3)37(6-2)29-20-13-11-17-26(29)31/h11-14,16-22H,5-10,15,23H2,1-4H3. The number of aromatic nitrogens is 3. The predicted octanol–water partition coefficient (Wildman–Crippen LogP) is 8.45. The SMILES string of the molecule is CCCCCCCCn1c(C)c(C2(c3c(C)n(CC)c4ccccc34)OC(=O)c3ncccc32)c2ccccc21. The molecule has 3 aromatic heterocycles. The van der Waals surface area contributed by atoms with Crippen molar-refractivity contribution in [3.05, 3.63) is 101 Å². The maximum atomic E-state index is 13.6. The molecule has 0 amide bonds. The predicted molar refractivity (Wildman–Crippen MR) is 162 cm³/mol. The number of pyridine rings is 1. The van der Waals surface area contributed by atoms with Crippen LogP contribution in [-0.4, -0.2) is 20.1 Å². The van der Waals surface area contributed by atoms with E-state index in [9.17, 15) is 4.79 Å².